The molecule has 1 aliphatic carbocycles. The fourth-order valence-electron chi connectivity index (χ4n) is 2.47. The zero-order valence-corrected chi connectivity index (χ0v) is 8.60. The normalized spacial score (nSPS) is 29.2. The number of likely N-dealkylation sites (tertiary alicyclic amines) is 1. The molecule has 0 aromatic heterocycles. The van der Waals surface area contributed by atoms with Crippen LogP contribution in [0.25, 0.3) is 0 Å². The van der Waals surface area contributed by atoms with Crippen LogP contribution >= 0.6 is 0 Å². The molecule has 0 saturated carbocycles. The smallest absolute Gasteiger partial charge is 0.0175 e. The lowest BCUT2D eigenvalue weighted by molar-refractivity contribution is 0.395. The molecule has 1 heteroatoms. The Bertz CT molecular complexity index is 178. The summed E-state index contributed by atoms with van der Waals surface area (Å²) in [6.07, 6.45) is 13.7. The van der Waals surface area contributed by atoms with Crippen LogP contribution in [-0.2, 0) is 0 Å². The summed E-state index contributed by atoms with van der Waals surface area (Å²) in [6, 6.07) is 0. The van der Waals surface area contributed by atoms with E-state index in [0.29, 0.717) is 0 Å². The first-order chi connectivity index (χ1) is 6.47. The third-order valence-corrected chi connectivity index (χ3v) is 3.28. The molecule has 1 heterocycles. The van der Waals surface area contributed by atoms with Crippen molar-refractivity contribution in [2.75, 3.05) is 13.1 Å². The van der Waals surface area contributed by atoms with E-state index < -0.39 is 0 Å². The van der Waals surface area contributed by atoms with Crippen LogP contribution in [0.15, 0.2) is 11.8 Å². The Labute approximate surface area is 81.8 Å². The standard InChI is InChI=1S/C12H21N/c1-2-4-8-12(9-5-3-1)13-10-6-7-11-13/h8H,1-7,9-11H2/b12-8+. The van der Waals surface area contributed by atoms with E-state index in [0.717, 1.165) is 0 Å². The fraction of sp³-hybridized carbons (Fsp3) is 0.833. The second-order valence-electron chi connectivity index (χ2n) is 4.34. The van der Waals surface area contributed by atoms with Gasteiger partial charge in [0.05, 0.1) is 0 Å². The van der Waals surface area contributed by atoms with Crippen molar-refractivity contribution < 1.29 is 0 Å². The molecule has 0 atom stereocenters. The van der Waals surface area contributed by atoms with Crippen molar-refractivity contribution in [3.63, 3.8) is 0 Å². The van der Waals surface area contributed by atoms with E-state index in [1.54, 1.807) is 5.70 Å². The molecule has 74 valence electrons. The largest absolute Gasteiger partial charge is 0.375 e. The maximum absolute atomic E-state index is 2.62. The van der Waals surface area contributed by atoms with Crippen LogP contribution in [0.2, 0.25) is 0 Å². The average molecular weight is 179 g/mol. The summed E-state index contributed by atoms with van der Waals surface area (Å²) in [5.41, 5.74) is 1.66. The zero-order valence-electron chi connectivity index (χ0n) is 8.60. The van der Waals surface area contributed by atoms with Crippen molar-refractivity contribution >= 4 is 0 Å². The van der Waals surface area contributed by atoms with Gasteiger partial charge in [-0.3, -0.25) is 0 Å². The van der Waals surface area contributed by atoms with Gasteiger partial charge in [-0.05, 0) is 38.5 Å². The molecule has 13 heavy (non-hydrogen) atoms. The molecule has 0 spiro atoms. The first-order valence-electron chi connectivity index (χ1n) is 5.91. The van der Waals surface area contributed by atoms with Gasteiger partial charge in [0, 0.05) is 18.8 Å². The van der Waals surface area contributed by atoms with E-state index in [1.807, 2.05) is 0 Å². The highest BCUT2D eigenvalue weighted by Crippen LogP contribution is 2.23. The summed E-state index contributed by atoms with van der Waals surface area (Å²) >= 11 is 0. The quantitative estimate of drug-likeness (QED) is 0.597. The van der Waals surface area contributed by atoms with Crippen LogP contribution in [0.5, 0.6) is 0 Å². The minimum absolute atomic E-state index is 1.33. The van der Waals surface area contributed by atoms with Crippen LogP contribution in [0, 0.1) is 0 Å². The summed E-state index contributed by atoms with van der Waals surface area (Å²) < 4.78 is 0. The Morgan fingerprint density at radius 1 is 0.846 bits per heavy atom. The van der Waals surface area contributed by atoms with Gasteiger partial charge in [-0.2, -0.15) is 0 Å². The van der Waals surface area contributed by atoms with Gasteiger partial charge in [0.2, 0.25) is 0 Å². The Hall–Kier alpha value is -0.460. The fourth-order valence-corrected chi connectivity index (χ4v) is 2.47. The number of rotatable bonds is 1. The second-order valence-corrected chi connectivity index (χ2v) is 4.34. The van der Waals surface area contributed by atoms with Gasteiger partial charge >= 0.3 is 0 Å². The Morgan fingerprint density at radius 3 is 2.46 bits per heavy atom. The molecule has 0 bridgehead atoms. The third kappa shape index (κ3) is 2.49. The van der Waals surface area contributed by atoms with E-state index >= 15 is 0 Å². The van der Waals surface area contributed by atoms with Crippen LogP contribution < -0.4 is 0 Å². The van der Waals surface area contributed by atoms with Gasteiger partial charge in [-0.1, -0.05) is 18.9 Å². The van der Waals surface area contributed by atoms with Gasteiger partial charge in [-0.25, -0.2) is 0 Å². The number of hydrogen-bond donors (Lipinski definition) is 0. The van der Waals surface area contributed by atoms with Crippen LogP contribution in [0.4, 0.5) is 0 Å². The van der Waals surface area contributed by atoms with Gasteiger partial charge in [0.25, 0.3) is 0 Å². The molecule has 0 aromatic rings. The summed E-state index contributed by atoms with van der Waals surface area (Å²) in [5, 5.41) is 0. The Balaban J connectivity index is 1.93. The maximum atomic E-state index is 2.62. The molecule has 1 saturated heterocycles. The van der Waals surface area contributed by atoms with Gasteiger partial charge in [0.1, 0.15) is 0 Å². The number of nitrogens with zero attached hydrogens (tertiary/aromatic N) is 1. The van der Waals surface area contributed by atoms with Crippen molar-refractivity contribution in [3.05, 3.63) is 11.8 Å². The maximum Gasteiger partial charge on any atom is 0.0175 e. The van der Waals surface area contributed by atoms with E-state index in [1.165, 1.54) is 64.5 Å². The third-order valence-electron chi connectivity index (χ3n) is 3.28. The molecule has 0 N–H and O–H groups in total. The first kappa shape index (κ1) is 9.11. The van der Waals surface area contributed by atoms with Crippen LogP contribution in [0.3, 0.4) is 0 Å². The summed E-state index contributed by atoms with van der Waals surface area (Å²) in [7, 11) is 0. The van der Waals surface area contributed by atoms with Gasteiger partial charge < -0.3 is 4.90 Å². The van der Waals surface area contributed by atoms with Crippen molar-refractivity contribution in [3.8, 4) is 0 Å². The highest BCUT2D eigenvalue weighted by Gasteiger charge is 2.14. The van der Waals surface area contributed by atoms with E-state index in [4.69, 9.17) is 0 Å². The molecule has 0 radical (unpaired) electrons. The monoisotopic (exact) mass is 179 g/mol. The first-order valence-corrected chi connectivity index (χ1v) is 5.91. The number of allylic oxidation sites excluding steroid dienone is 2. The minimum atomic E-state index is 1.33. The summed E-state index contributed by atoms with van der Waals surface area (Å²) in [5.74, 6) is 0. The average Bonchev–Trinajstić information content (AvgIpc) is 2.55. The topological polar surface area (TPSA) is 3.24 Å². The number of hydrogen-bond acceptors (Lipinski definition) is 1. The molecule has 2 rings (SSSR count). The van der Waals surface area contributed by atoms with Crippen molar-refractivity contribution in [1.29, 1.82) is 0 Å². The lowest BCUT2D eigenvalue weighted by atomic mass is 10.0. The zero-order chi connectivity index (χ0) is 8.93. The molecule has 2 aliphatic rings. The van der Waals surface area contributed by atoms with E-state index in [-0.39, 0.29) is 0 Å². The molecule has 0 amide bonds. The second kappa shape index (κ2) is 4.69. The molecular formula is C12H21N. The molecule has 1 fully saturated rings. The van der Waals surface area contributed by atoms with Crippen molar-refractivity contribution in [2.24, 2.45) is 0 Å². The Kier molecular flexibility index (Phi) is 3.28. The Morgan fingerprint density at radius 2 is 1.62 bits per heavy atom. The van der Waals surface area contributed by atoms with E-state index in [2.05, 4.69) is 11.0 Å². The molecule has 1 aliphatic heterocycles. The molecule has 0 unspecified atom stereocenters. The van der Waals surface area contributed by atoms with E-state index in [9.17, 15) is 0 Å². The highest BCUT2D eigenvalue weighted by atomic mass is 15.1. The van der Waals surface area contributed by atoms with Crippen LogP contribution in [-0.4, -0.2) is 18.0 Å². The minimum Gasteiger partial charge on any atom is -0.375 e. The predicted octanol–water partition coefficient (Wildman–Crippen LogP) is 3.32. The SMILES string of the molecule is C1=C(/N2CCCC2)CCCCCC/1. The highest BCUT2D eigenvalue weighted by molar-refractivity contribution is 5.03. The molecule has 0 aromatic carbocycles. The van der Waals surface area contributed by atoms with Crippen molar-refractivity contribution in [2.45, 2.75) is 51.4 Å². The lowest BCUT2D eigenvalue weighted by Crippen LogP contribution is -2.18. The predicted molar refractivity (Wildman–Crippen MR) is 56.6 cm³/mol. The van der Waals surface area contributed by atoms with Crippen molar-refractivity contribution in [1.82, 2.24) is 4.90 Å². The van der Waals surface area contributed by atoms with Gasteiger partial charge in [-0.15, -0.1) is 0 Å². The van der Waals surface area contributed by atoms with Crippen LogP contribution in [0.1, 0.15) is 51.4 Å². The summed E-state index contributed by atoms with van der Waals surface area (Å²) in [6.45, 7) is 2.65. The summed E-state index contributed by atoms with van der Waals surface area (Å²) in [4.78, 5) is 2.62. The molecule has 1 nitrogen and oxygen atoms in total. The van der Waals surface area contributed by atoms with Gasteiger partial charge in [0.15, 0.2) is 0 Å². The lowest BCUT2D eigenvalue weighted by Gasteiger charge is -2.23. The molecular weight excluding hydrogens is 158 g/mol.